The first-order valence-electron chi connectivity index (χ1n) is 3.65. The first-order chi connectivity index (χ1) is 5.56. The normalized spacial score (nSPS) is 11.7. The van der Waals surface area contributed by atoms with Crippen molar-refractivity contribution in [1.82, 2.24) is 0 Å². The molecule has 0 saturated heterocycles. The molecule has 0 fully saturated rings. The minimum absolute atomic E-state index is 0.638. The number of hydrogen-bond acceptors (Lipinski definition) is 2. The summed E-state index contributed by atoms with van der Waals surface area (Å²) >= 11 is 3.33. The second-order valence-corrected chi connectivity index (χ2v) is 4.02. The van der Waals surface area contributed by atoms with E-state index in [1.54, 1.807) is 13.8 Å². The summed E-state index contributed by atoms with van der Waals surface area (Å²) in [5.74, 6) is 0. The van der Waals surface area contributed by atoms with Crippen molar-refractivity contribution in [3.05, 3.63) is 34.3 Å². The van der Waals surface area contributed by atoms with E-state index in [-0.39, 0.29) is 0 Å². The minimum Gasteiger partial charge on any atom is -0.251 e. The third-order valence-corrected chi connectivity index (χ3v) is 2.30. The molecule has 0 heterocycles. The highest BCUT2D eigenvalue weighted by Crippen LogP contribution is 2.24. The Morgan fingerprint density at radius 2 is 1.75 bits per heavy atom. The molecule has 66 valence electrons. The van der Waals surface area contributed by atoms with Gasteiger partial charge in [0, 0.05) is 4.47 Å². The van der Waals surface area contributed by atoms with E-state index in [1.807, 2.05) is 24.3 Å². The van der Waals surface area contributed by atoms with Crippen LogP contribution < -0.4 is 0 Å². The summed E-state index contributed by atoms with van der Waals surface area (Å²) in [5.41, 5.74) is 0.300. The highest BCUT2D eigenvalue weighted by molar-refractivity contribution is 9.10. The zero-order valence-corrected chi connectivity index (χ0v) is 8.63. The SMILES string of the molecule is CC(C)(OO)c1ccc(Br)cc1. The quantitative estimate of drug-likeness (QED) is 0.625. The largest absolute Gasteiger partial charge is 0.251 e. The van der Waals surface area contributed by atoms with Gasteiger partial charge in [-0.3, -0.25) is 5.26 Å². The van der Waals surface area contributed by atoms with E-state index < -0.39 is 5.60 Å². The van der Waals surface area contributed by atoms with Crippen molar-refractivity contribution < 1.29 is 10.1 Å². The summed E-state index contributed by atoms with van der Waals surface area (Å²) in [6.45, 7) is 3.60. The summed E-state index contributed by atoms with van der Waals surface area (Å²) in [4.78, 5) is 4.35. The van der Waals surface area contributed by atoms with Gasteiger partial charge in [0.1, 0.15) is 5.60 Å². The van der Waals surface area contributed by atoms with Crippen LogP contribution in [0.1, 0.15) is 19.4 Å². The molecule has 3 heteroatoms. The van der Waals surface area contributed by atoms with Gasteiger partial charge in [-0.15, -0.1) is 0 Å². The Hall–Kier alpha value is -0.380. The van der Waals surface area contributed by atoms with Crippen LogP contribution in [0, 0.1) is 0 Å². The van der Waals surface area contributed by atoms with E-state index in [0.29, 0.717) is 0 Å². The lowest BCUT2D eigenvalue weighted by Crippen LogP contribution is -2.19. The Kier molecular flexibility index (Phi) is 2.88. The van der Waals surface area contributed by atoms with Crippen molar-refractivity contribution >= 4 is 15.9 Å². The van der Waals surface area contributed by atoms with Crippen LogP contribution in [0.15, 0.2) is 28.7 Å². The number of halogens is 1. The summed E-state index contributed by atoms with van der Waals surface area (Å²) in [6, 6.07) is 7.63. The molecule has 12 heavy (non-hydrogen) atoms. The summed E-state index contributed by atoms with van der Waals surface area (Å²) in [5, 5.41) is 8.61. The van der Waals surface area contributed by atoms with Gasteiger partial charge in [-0.1, -0.05) is 28.1 Å². The molecule has 0 aliphatic carbocycles. The Morgan fingerprint density at radius 1 is 1.25 bits per heavy atom. The predicted molar refractivity (Wildman–Crippen MR) is 50.9 cm³/mol. The molecule has 0 unspecified atom stereocenters. The third kappa shape index (κ3) is 2.06. The van der Waals surface area contributed by atoms with Gasteiger partial charge in [0.05, 0.1) is 0 Å². The second kappa shape index (κ2) is 3.56. The van der Waals surface area contributed by atoms with Gasteiger partial charge < -0.3 is 0 Å². The lowest BCUT2D eigenvalue weighted by Gasteiger charge is -2.20. The summed E-state index contributed by atoms with van der Waals surface area (Å²) in [7, 11) is 0. The molecule has 0 atom stereocenters. The van der Waals surface area contributed by atoms with Crippen molar-refractivity contribution in [1.29, 1.82) is 0 Å². The molecular weight excluding hydrogens is 220 g/mol. The molecule has 2 nitrogen and oxygen atoms in total. The molecule has 0 aliphatic heterocycles. The van der Waals surface area contributed by atoms with E-state index in [9.17, 15) is 0 Å². The molecule has 1 aromatic carbocycles. The average molecular weight is 231 g/mol. The second-order valence-electron chi connectivity index (χ2n) is 3.11. The molecule has 0 spiro atoms. The van der Waals surface area contributed by atoms with Gasteiger partial charge in [-0.05, 0) is 31.5 Å². The zero-order chi connectivity index (χ0) is 9.19. The average Bonchev–Trinajstić information content (AvgIpc) is 2.05. The molecule has 1 aromatic rings. The Morgan fingerprint density at radius 3 is 2.17 bits per heavy atom. The third-order valence-electron chi connectivity index (χ3n) is 1.77. The van der Waals surface area contributed by atoms with Gasteiger partial charge in [0.15, 0.2) is 0 Å². The fourth-order valence-corrected chi connectivity index (χ4v) is 1.17. The molecule has 0 radical (unpaired) electrons. The van der Waals surface area contributed by atoms with Gasteiger partial charge >= 0.3 is 0 Å². The molecule has 0 saturated carbocycles. The molecule has 1 rings (SSSR count). The molecular formula is C9H11BrO2. The Balaban J connectivity index is 2.96. The van der Waals surface area contributed by atoms with Crippen LogP contribution in [0.5, 0.6) is 0 Å². The van der Waals surface area contributed by atoms with Crippen LogP contribution in [-0.2, 0) is 10.5 Å². The minimum atomic E-state index is -0.638. The molecule has 0 amide bonds. The van der Waals surface area contributed by atoms with Crippen LogP contribution >= 0.6 is 15.9 Å². The standard InChI is InChI=1S/C9H11BrO2/c1-9(2,12-11)7-3-5-8(10)6-4-7/h3-6,11H,1-2H3. The summed E-state index contributed by atoms with van der Waals surface area (Å²) < 4.78 is 1.01. The first-order valence-corrected chi connectivity index (χ1v) is 4.44. The predicted octanol–water partition coefficient (Wildman–Crippen LogP) is 3.17. The van der Waals surface area contributed by atoms with Crippen molar-refractivity contribution in [2.24, 2.45) is 0 Å². The Bertz CT molecular complexity index is 254. The van der Waals surface area contributed by atoms with Gasteiger partial charge in [0.2, 0.25) is 0 Å². The first kappa shape index (κ1) is 9.71. The number of hydrogen-bond donors (Lipinski definition) is 1. The van der Waals surface area contributed by atoms with E-state index in [4.69, 9.17) is 5.26 Å². The monoisotopic (exact) mass is 230 g/mol. The summed E-state index contributed by atoms with van der Waals surface area (Å²) in [6.07, 6.45) is 0. The maximum atomic E-state index is 8.61. The van der Waals surface area contributed by atoms with E-state index >= 15 is 0 Å². The molecule has 0 aliphatic rings. The number of benzene rings is 1. The molecule has 0 aromatic heterocycles. The fourth-order valence-electron chi connectivity index (χ4n) is 0.904. The lowest BCUT2D eigenvalue weighted by molar-refractivity contribution is -0.318. The fraction of sp³-hybridized carbons (Fsp3) is 0.333. The lowest BCUT2D eigenvalue weighted by atomic mass is 9.99. The van der Waals surface area contributed by atoms with Crippen molar-refractivity contribution in [3.8, 4) is 0 Å². The Labute approximate surface area is 80.2 Å². The van der Waals surface area contributed by atoms with Crippen molar-refractivity contribution in [3.63, 3.8) is 0 Å². The van der Waals surface area contributed by atoms with Crippen LogP contribution in [0.25, 0.3) is 0 Å². The maximum Gasteiger partial charge on any atom is 0.123 e. The number of rotatable bonds is 2. The van der Waals surface area contributed by atoms with Crippen LogP contribution in [0.4, 0.5) is 0 Å². The van der Waals surface area contributed by atoms with Gasteiger partial charge in [-0.2, -0.15) is 0 Å². The van der Waals surface area contributed by atoms with Gasteiger partial charge in [0.25, 0.3) is 0 Å². The zero-order valence-electron chi connectivity index (χ0n) is 7.04. The van der Waals surface area contributed by atoms with Crippen molar-refractivity contribution in [2.75, 3.05) is 0 Å². The van der Waals surface area contributed by atoms with E-state index in [0.717, 1.165) is 10.0 Å². The van der Waals surface area contributed by atoms with Crippen LogP contribution in [-0.4, -0.2) is 5.26 Å². The van der Waals surface area contributed by atoms with Gasteiger partial charge in [-0.25, -0.2) is 4.89 Å². The van der Waals surface area contributed by atoms with Crippen LogP contribution in [0.3, 0.4) is 0 Å². The van der Waals surface area contributed by atoms with Crippen LogP contribution in [0.2, 0.25) is 0 Å². The highest BCUT2D eigenvalue weighted by Gasteiger charge is 2.20. The highest BCUT2D eigenvalue weighted by atomic mass is 79.9. The van der Waals surface area contributed by atoms with E-state index in [1.165, 1.54) is 0 Å². The maximum absolute atomic E-state index is 8.61. The van der Waals surface area contributed by atoms with E-state index in [2.05, 4.69) is 20.8 Å². The van der Waals surface area contributed by atoms with Crippen molar-refractivity contribution in [2.45, 2.75) is 19.4 Å². The molecule has 1 N–H and O–H groups in total. The topological polar surface area (TPSA) is 29.5 Å². The molecule has 0 bridgehead atoms. The smallest absolute Gasteiger partial charge is 0.123 e.